The topological polar surface area (TPSA) is 66.0 Å². The number of fused-ring (bicyclic) bond motifs is 1. The zero-order valence-corrected chi connectivity index (χ0v) is 11.5. The minimum atomic E-state index is -0.204. The van der Waals surface area contributed by atoms with Crippen molar-refractivity contribution in [2.45, 2.75) is 64.6 Å². The molecule has 2 rings (SSSR count). The Morgan fingerprint density at radius 2 is 2.06 bits per heavy atom. The highest BCUT2D eigenvalue weighted by molar-refractivity contribution is 4.97. The van der Waals surface area contributed by atoms with Crippen molar-refractivity contribution in [3.8, 4) is 0 Å². The summed E-state index contributed by atoms with van der Waals surface area (Å²) in [7, 11) is 0. The van der Waals surface area contributed by atoms with Crippen molar-refractivity contribution in [2.24, 2.45) is 5.73 Å². The molecule has 0 atom stereocenters. The van der Waals surface area contributed by atoms with Crippen LogP contribution in [-0.4, -0.2) is 26.9 Å². The summed E-state index contributed by atoms with van der Waals surface area (Å²) in [6.07, 6.45) is 5.33. The van der Waals surface area contributed by atoms with Gasteiger partial charge in [0.1, 0.15) is 12.4 Å². The summed E-state index contributed by atoms with van der Waals surface area (Å²) in [4.78, 5) is 0. The molecule has 0 bridgehead atoms. The molecule has 18 heavy (non-hydrogen) atoms. The Hall–Kier alpha value is -0.940. The molecule has 102 valence electrons. The third-order valence-electron chi connectivity index (χ3n) is 3.97. The highest BCUT2D eigenvalue weighted by Gasteiger charge is 2.21. The van der Waals surface area contributed by atoms with Gasteiger partial charge in [0.25, 0.3) is 0 Å². The van der Waals surface area contributed by atoms with Gasteiger partial charge in [-0.2, -0.15) is 0 Å². The monoisotopic (exact) mass is 252 g/mol. The van der Waals surface area contributed by atoms with Gasteiger partial charge in [-0.15, -0.1) is 10.2 Å². The molecule has 5 nitrogen and oxygen atoms in total. The molecule has 0 amide bonds. The average Bonchev–Trinajstić information content (AvgIpc) is 2.82. The lowest BCUT2D eigenvalue weighted by Crippen LogP contribution is -2.43. The zero-order valence-electron chi connectivity index (χ0n) is 11.5. The molecule has 1 aliphatic rings. The van der Waals surface area contributed by atoms with E-state index in [9.17, 15) is 0 Å². The number of rotatable bonds is 6. The maximum atomic E-state index is 6.21. The molecule has 1 aromatic heterocycles. The van der Waals surface area contributed by atoms with Gasteiger partial charge in [-0.3, -0.25) is 0 Å². The molecule has 2 heterocycles. The second-order valence-corrected chi connectivity index (χ2v) is 5.20. The van der Waals surface area contributed by atoms with Gasteiger partial charge in [0.05, 0.1) is 6.61 Å². The van der Waals surface area contributed by atoms with Crippen molar-refractivity contribution in [2.75, 3.05) is 6.61 Å². The van der Waals surface area contributed by atoms with Crippen LogP contribution in [0, 0.1) is 0 Å². The van der Waals surface area contributed by atoms with Crippen molar-refractivity contribution >= 4 is 0 Å². The maximum Gasteiger partial charge on any atom is 0.159 e. The van der Waals surface area contributed by atoms with E-state index in [1.165, 1.54) is 12.8 Å². The third kappa shape index (κ3) is 2.90. The predicted octanol–water partition coefficient (Wildman–Crippen LogP) is 1.65. The lowest BCUT2D eigenvalue weighted by atomic mass is 9.96. The molecule has 1 aromatic rings. The number of hydrogen-bond acceptors (Lipinski definition) is 4. The highest BCUT2D eigenvalue weighted by atomic mass is 16.5. The molecular formula is C13H24N4O. The van der Waals surface area contributed by atoms with Gasteiger partial charge in [-0.25, -0.2) is 0 Å². The summed E-state index contributed by atoms with van der Waals surface area (Å²) in [5.74, 6) is 2.05. The Morgan fingerprint density at radius 3 is 2.78 bits per heavy atom. The summed E-state index contributed by atoms with van der Waals surface area (Å²) in [5, 5.41) is 8.43. The van der Waals surface area contributed by atoms with Gasteiger partial charge in [0, 0.05) is 18.5 Å². The summed E-state index contributed by atoms with van der Waals surface area (Å²) in [6.45, 7) is 6.34. The van der Waals surface area contributed by atoms with E-state index in [1.54, 1.807) is 0 Å². The van der Waals surface area contributed by atoms with E-state index in [0.29, 0.717) is 13.2 Å². The van der Waals surface area contributed by atoms with E-state index < -0.39 is 0 Å². The number of nitrogens with two attached hydrogens (primary N) is 1. The van der Waals surface area contributed by atoms with Crippen LogP contribution in [0.4, 0.5) is 0 Å². The highest BCUT2D eigenvalue weighted by Crippen LogP contribution is 2.16. The van der Waals surface area contributed by atoms with E-state index in [-0.39, 0.29) is 5.54 Å². The Labute approximate surface area is 109 Å². The summed E-state index contributed by atoms with van der Waals surface area (Å²) < 4.78 is 7.94. The number of ether oxygens (including phenoxy) is 1. The lowest BCUT2D eigenvalue weighted by Gasteiger charge is -2.26. The molecule has 1 aliphatic heterocycles. The van der Waals surface area contributed by atoms with E-state index >= 15 is 0 Å². The molecule has 0 aliphatic carbocycles. The van der Waals surface area contributed by atoms with Crippen LogP contribution in [0.5, 0.6) is 0 Å². The van der Waals surface area contributed by atoms with Crippen LogP contribution in [0.25, 0.3) is 0 Å². The largest absolute Gasteiger partial charge is 0.372 e. The number of hydrogen-bond donors (Lipinski definition) is 1. The van der Waals surface area contributed by atoms with Crippen molar-refractivity contribution in [1.29, 1.82) is 0 Å². The first kappa shape index (κ1) is 13.5. The van der Waals surface area contributed by atoms with E-state index in [2.05, 4.69) is 28.6 Å². The average molecular weight is 252 g/mol. The van der Waals surface area contributed by atoms with Gasteiger partial charge < -0.3 is 15.0 Å². The second kappa shape index (κ2) is 5.80. The first-order valence-electron chi connectivity index (χ1n) is 6.96. The fourth-order valence-electron chi connectivity index (χ4n) is 2.27. The van der Waals surface area contributed by atoms with E-state index in [0.717, 1.165) is 37.5 Å². The Bertz CT molecular complexity index is 384. The molecule has 0 radical (unpaired) electrons. The Morgan fingerprint density at radius 1 is 1.28 bits per heavy atom. The molecular weight excluding hydrogens is 228 g/mol. The number of nitrogens with zero attached hydrogens (tertiary/aromatic N) is 3. The van der Waals surface area contributed by atoms with Gasteiger partial charge >= 0.3 is 0 Å². The third-order valence-corrected chi connectivity index (χ3v) is 3.97. The Kier molecular flexibility index (Phi) is 4.35. The standard InChI is InChI=1S/C13H24N4O/c1-3-13(14,4-2)10-18-9-12-16-15-11-7-5-6-8-17(11)12/h3-10,14H2,1-2H3. The van der Waals surface area contributed by atoms with Crippen molar-refractivity contribution in [1.82, 2.24) is 14.8 Å². The normalized spacial score (nSPS) is 15.7. The first-order valence-corrected chi connectivity index (χ1v) is 6.96. The van der Waals surface area contributed by atoms with Crippen molar-refractivity contribution in [3.05, 3.63) is 11.6 Å². The Balaban J connectivity index is 1.89. The van der Waals surface area contributed by atoms with Gasteiger partial charge in [-0.1, -0.05) is 13.8 Å². The van der Waals surface area contributed by atoms with Crippen LogP contribution in [0.1, 0.15) is 51.2 Å². The predicted molar refractivity (Wildman–Crippen MR) is 70.1 cm³/mol. The number of aromatic nitrogens is 3. The molecule has 0 fully saturated rings. The van der Waals surface area contributed by atoms with Gasteiger partial charge in [-0.05, 0) is 25.7 Å². The molecule has 0 spiro atoms. The fraction of sp³-hybridized carbons (Fsp3) is 0.846. The van der Waals surface area contributed by atoms with E-state index in [4.69, 9.17) is 10.5 Å². The minimum absolute atomic E-state index is 0.204. The molecule has 0 aromatic carbocycles. The molecule has 5 heteroatoms. The van der Waals surface area contributed by atoms with Crippen LogP contribution < -0.4 is 5.73 Å². The van der Waals surface area contributed by atoms with Crippen LogP contribution in [0.15, 0.2) is 0 Å². The second-order valence-electron chi connectivity index (χ2n) is 5.20. The summed E-state index contributed by atoms with van der Waals surface area (Å²) >= 11 is 0. The van der Waals surface area contributed by atoms with E-state index in [1.807, 2.05) is 0 Å². The fourth-order valence-corrected chi connectivity index (χ4v) is 2.27. The quantitative estimate of drug-likeness (QED) is 0.836. The number of aryl methyl sites for hydroxylation is 1. The summed E-state index contributed by atoms with van der Waals surface area (Å²) in [5.41, 5.74) is 6.00. The molecule has 0 unspecified atom stereocenters. The molecule has 2 N–H and O–H groups in total. The molecule has 0 saturated carbocycles. The smallest absolute Gasteiger partial charge is 0.159 e. The minimum Gasteiger partial charge on any atom is -0.372 e. The van der Waals surface area contributed by atoms with Crippen LogP contribution in [-0.2, 0) is 24.3 Å². The van der Waals surface area contributed by atoms with Crippen LogP contribution in [0.2, 0.25) is 0 Å². The maximum absolute atomic E-state index is 6.21. The van der Waals surface area contributed by atoms with Crippen LogP contribution >= 0.6 is 0 Å². The van der Waals surface area contributed by atoms with Gasteiger partial charge in [0.15, 0.2) is 5.82 Å². The van der Waals surface area contributed by atoms with Crippen molar-refractivity contribution < 1.29 is 4.74 Å². The lowest BCUT2D eigenvalue weighted by molar-refractivity contribution is 0.0636. The van der Waals surface area contributed by atoms with Crippen LogP contribution in [0.3, 0.4) is 0 Å². The van der Waals surface area contributed by atoms with Crippen molar-refractivity contribution in [3.63, 3.8) is 0 Å². The summed E-state index contributed by atoms with van der Waals surface area (Å²) in [6, 6.07) is 0. The van der Waals surface area contributed by atoms with Gasteiger partial charge in [0.2, 0.25) is 0 Å². The zero-order chi connectivity index (χ0) is 13.0. The first-order chi connectivity index (χ1) is 8.68. The SMILES string of the molecule is CCC(N)(CC)COCc1nnc2n1CCCC2. The molecule has 0 saturated heterocycles.